The molecule has 154 valence electrons. The number of nitrogens with zero attached hydrogens (tertiary/aromatic N) is 4. The number of carbonyl (C=O) groups excluding carboxylic acids is 1. The molecule has 0 unspecified atom stereocenters. The Hall–Kier alpha value is -2.83. The lowest BCUT2D eigenvalue weighted by Gasteiger charge is -2.25. The van der Waals surface area contributed by atoms with Crippen LogP contribution < -0.4 is 9.64 Å². The fraction of sp³-hybridized carbons (Fsp3) is 0.333. The Morgan fingerprint density at radius 2 is 2.03 bits per heavy atom. The van der Waals surface area contributed by atoms with E-state index in [9.17, 15) is 10.1 Å². The maximum atomic E-state index is 12.9. The van der Waals surface area contributed by atoms with Crippen LogP contribution in [0.15, 0.2) is 33.6 Å². The molecule has 0 bridgehead atoms. The van der Waals surface area contributed by atoms with Gasteiger partial charge in [-0.2, -0.15) is 10.2 Å². The van der Waals surface area contributed by atoms with Crippen LogP contribution in [0.4, 0.5) is 5.88 Å². The summed E-state index contributed by atoms with van der Waals surface area (Å²) in [6, 6.07) is 9.60. The van der Waals surface area contributed by atoms with Crippen LogP contribution in [0, 0.1) is 11.3 Å². The first-order chi connectivity index (χ1) is 14.6. The summed E-state index contributed by atoms with van der Waals surface area (Å²) in [5.41, 5.74) is 1.19. The third kappa shape index (κ3) is 4.20. The SMILES string of the molecule is COc1ccc(CN2C(=O)C(=Cc3nc(C#N)c(N4CCCCC4)o3)SC2=S)cc1. The summed E-state index contributed by atoms with van der Waals surface area (Å²) in [6.07, 6.45) is 4.87. The van der Waals surface area contributed by atoms with Crippen LogP contribution in [-0.2, 0) is 11.3 Å². The number of thioether (sulfide) groups is 1. The number of oxazole rings is 1. The highest BCUT2D eigenvalue weighted by atomic mass is 32.2. The van der Waals surface area contributed by atoms with E-state index in [1.807, 2.05) is 29.2 Å². The lowest BCUT2D eigenvalue weighted by Crippen LogP contribution is -2.29. The van der Waals surface area contributed by atoms with E-state index in [1.54, 1.807) is 18.1 Å². The summed E-state index contributed by atoms with van der Waals surface area (Å²) in [4.78, 5) is 21.2. The molecule has 30 heavy (non-hydrogen) atoms. The molecule has 7 nitrogen and oxygen atoms in total. The Morgan fingerprint density at radius 1 is 1.30 bits per heavy atom. The van der Waals surface area contributed by atoms with Crippen molar-refractivity contribution in [3.63, 3.8) is 0 Å². The first-order valence-electron chi connectivity index (χ1n) is 9.63. The van der Waals surface area contributed by atoms with Crippen molar-refractivity contribution in [3.8, 4) is 11.8 Å². The van der Waals surface area contributed by atoms with Crippen LogP contribution in [0.1, 0.15) is 36.4 Å². The number of thiocarbonyl (C=S) groups is 1. The Kier molecular flexibility index (Phi) is 6.06. The molecule has 0 spiro atoms. The van der Waals surface area contributed by atoms with Crippen LogP contribution in [0.3, 0.4) is 0 Å². The lowest BCUT2D eigenvalue weighted by atomic mass is 10.1. The van der Waals surface area contributed by atoms with Crippen molar-refractivity contribution in [2.24, 2.45) is 0 Å². The second-order valence-electron chi connectivity index (χ2n) is 6.98. The van der Waals surface area contributed by atoms with Crippen molar-refractivity contribution in [2.75, 3.05) is 25.1 Å². The van der Waals surface area contributed by atoms with Crippen LogP contribution in [0.5, 0.6) is 5.75 Å². The minimum Gasteiger partial charge on any atom is -0.497 e. The quantitative estimate of drug-likeness (QED) is 0.511. The number of anilines is 1. The number of nitriles is 1. The predicted molar refractivity (Wildman–Crippen MR) is 119 cm³/mol. The molecular weight excluding hydrogens is 420 g/mol. The van der Waals surface area contributed by atoms with E-state index in [1.165, 1.54) is 18.2 Å². The number of hydrogen-bond acceptors (Lipinski definition) is 8. The third-order valence-electron chi connectivity index (χ3n) is 5.00. The number of amides is 1. The topological polar surface area (TPSA) is 82.6 Å². The second kappa shape index (κ2) is 8.90. The minimum atomic E-state index is -0.197. The summed E-state index contributed by atoms with van der Waals surface area (Å²) < 4.78 is 11.5. The first-order valence-corrected chi connectivity index (χ1v) is 10.9. The molecule has 1 aromatic heterocycles. The fourth-order valence-electron chi connectivity index (χ4n) is 3.44. The molecule has 0 atom stereocenters. The Morgan fingerprint density at radius 3 is 2.70 bits per heavy atom. The molecule has 1 amide bonds. The van der Waals surface area contributed by atoms with Crippen LogP contribution in [0.25, 0.3) is 6.08 Å². The van der Waals surface area contributed by atoms with Gasteiger partial charge >= 0.3 is 0 Å². The standard InChI is InChI=1S/C21H20N4O3S2/c1-27-15-7-5-14(6-8-15)13-25-19(26)17(30-21(25)29)11-18-23-16(12-22)20(28-18)24-9-3-2-4-10-24/h5-8,11H,2-4,9-10,13H2,1H3. The predicted octanol–water partition coefficient (Wildman–Crippen LogP) is 3.95. The highest BCUT2D eigenvalue weighted by Crippen LogP contribution is 2.35. The van der Waals surface area contributed by atoms with Crippen molar-refractivity contribution in [1.82, 2.24) is 9.88 Å². The maximum Gasteiger partial charge on any atom is 0.266 e. The van der Waals surface area contributed by atoms with Gasteiger partial charge in [0.25, 0.3) is 5.91 Å². The van der Waals surface area contributed by atoms with E-state index in [-0.39, 0.29) is 17.5 Å². The van der Waals surface area contributed by atoms with E-state index >= 15 is 0 Å². The molecule has 2 saturated heterocycles. The maximum absolute atomic E-state index is 12.9. The molecule has 1 aromatic carbocycles. The molecule has 0 N–H and O–H groups in total. The summed E-state index contributed by atoms with van der Waals surface area (Å²) >= 11 is 6.62. The molecule has 2 aromatic rings. The summed E-state index contributed by atoms with van der Waals surface area (Å²) in [6.45, 7) is 2.06. The number of carbonyl (C=O) groups is 1. The Balaban J connectivity index is 1.53. The van der Waals surface area contributed by atoms with Crippen molar-refractivity contribution < 1.29 is 13.9 Å². The summed E-state index contributed by atoms with van der Waals surface area (Å²) in [7, 11) is 1.61. The van der Waals surface area contributed by atoms with Crippen molar-refractivity contribution >= 4 is 46.2 Å². The van der Waals surface area contributed by atoms with Gasteiger partial charge in [0.2, 0.25) is 17.5 Å². The van der Waals surface area contributed by atoms with Crippen LogP contribution in [0.2, 0.25) is 0 Å². The Bertz CT molecular complexity index is 1030. The van der Waals surface area contributed by atoms with Gasteiger partial charge in [0.15, 0.2) is 0 Å². The number of piperidine rings is 1. The van der Waals surface area contributed by atoms with Gasteiger partial charge in [0, 0.05) is 19.2 Å². The van der Waals surface area contributed by atoms with Gasteiger partial charge in [-0.25, -0.2) is 0 Å². The molecular formula is C21H20N4O3S2. The van der Waals surface area contributed by atoms with Gasteiger partial charge in [-0.05, 0) is 37.0 Å². The number of rotatable bonds is 5. The van der Waals surface area contributed by atoms with E-state index in [2.05, 4.69) is 11.1 Å². The molecule has 9 heteroatoms. The van der Waals surface area contributed by atoms with Gasteiger partial charge in [-0.1, -0.05) is 36.1 Å². The second-order valence-corrected chi connectivity index (χ2v) is 8.66. The van der Waals surface area contributed by atoms with Gasteiger partial charge < -0.3 is 14.1 Å². The first kappa shape index (κ1) is 20.4. The minimum absolute atomic E-state index is 0.197. The molecule has 0 aliphatic carbocycles. The Labute approximate surface area is 184 Å². The molecule has 0 radical (unpaired) electrons. The summed E-state index contributed by atoms with van der Waals surface area (Å²) in [5.74, 6) is 1.29. The monoisotopic (exact) mass is 440 g/mol. The third-order valence-corrected chi connectivity index (χ3v) is 6.38. The number of methoxy groups -OCH3 is 1. The van der Waals surface area contributed by atoms with Gasteiger partial charge in [-0.15, -0.1) is 0 Å². The largest absolute Gasteiger partial charge is 0.497 e. The highest BCUT2D eigenvalue weighted by Gasteiger charge is 2.33. The molecule has 3 heterocycles. The fourth-order valence-corrected chi connectivity index (χ4v) is 4.66. The zero-order valence-corrected chi connectivity index (χ0v) is 18.1. The average molecular weight is 441 g/mol. The molecule has 2 aliphatic rings. The van der Waals surface area contributed by atoms with E-state index < -0.39 is 0 Å². The smallest absolute Gasteiger partial charge is 0.266 e. The number of benzene rings is 1. The number of ether oxygens (including phenoxy) is 1. The van der Waals surface area contributed by atoms with E-state index in [0.717, 1.165) is 37.2 Å². The van der Waals surface area contributed by atoms with Gasteiger partial charge in [0.1, 0.15) is 16.1 Å². The molecule has 4 rings (SSSR count). The number of aromatic nitrogens is 1. The van der Waals surface area contributed by atoms with Gasteiger partial charge in [0.05, 0.1) is 18.6 Å². The lowest BCUT2D eigenvalue weighted by molar-refractivity contribution is -0.122. The summed E-state index contributed by atoms with van der Waals surface area (Å²) in [5, 5.41) is 9.43. The van der Waals surface area contributed by atoms with E-state index in [0.29, 0.717) is 21.7 Å². The zero-order valence-electron chi connectivity index (χ0n) is 16.5. The molecule has 0 saturated carbocycles. The zero-order chi connectivity index (χ0) is 21.1. The van der Waals surface area contributed by atoms with Crippen molar-refractivity contribution in [2.45, 2.75) is 25.8 Å². The van der Waals surface area contributed by atoms with Crippen molar-refractivity contribution in [1.29, 1.82) is 5.26 Å². The average Bonchev–Trinajstić information content (AvgIpc) is 3.31. The molecule has 2 aliphatic heterocycles. The van der Waals surface area contributed by atoms with E-state index in [4.69, 9.17) is 21.4 Å². The van der Waals surface area contributed by atoms with Gasteiger partial charge in [-0.3, -0.25) is 9.69 Å². The molecule has 2 fully saturated rings. The van der Waals surface area contributed by atoms with Crippen LogP contribution in [-0.4, -0.2) is 40.3 Å². The highest BCUT2D eigenvalue weighted by molar-refractivity contribution is 8.26. The number of hydrogen-bond donors (Lipinski definition) is 0. The van der Waals surface area contributed by atoms with Crippen LogP contribution >= 0.6 is 24.0 Å². The van der Waals surface area contributed by atoms with Crippen molar-refractivity contribution in [3.05, 3.63) is 46.3 Å². The normalized spacial score (nSPS) is 18.2.